The van der Waals surface area contributed by atoms with E-state index >= 15 is 0 Å². The summed E-state index contributed by atoms with van der Waals surface area (Å²) in [6, 6.07) is 15.7. The molecule has 1 aromatic carbocycles. The predicted octanol–water partition coefficient (Wildman–Crippen LogP) is 4.84. The van der Waals surface area contributed by atoms with Gasteiger partial charge in [0.2, 0.25) is 0 Å². The van der Waals surface area contributed by atoms with Crippen LogP contribution in [0, 0.1) is 6.92 Å². The Kier molecular flexibility index (Phi) is 6.09. The summed E-state index contributed by atoms with van der Waals surface area (Å²) in [7, 11) is 4.12. The number of nitrogens with zero attached hydrogens (tertiary/aromatic N) is 3. The highest BCUT2D eigenvalue weighted by molar-refractivity contribution is 7.80. The van der Waals surface area contributed by atoms with E-state index in [-0.39, 0.29) is 12.1 Å². The normalized spacial score (nSPS) is 18.8. The van der Waals surface area contributed by atoms with E-state index in [0.717, 1.165) is 51.6 Å². The van der Waals surface area contributed by atoms with Gasteiger partial charge in [0.1, 0.15) is 17.6 Å². The second kappa shape index (κ2) is 8.76. The van der Waals surface area contributed by atoms with Crippen molar-refractivity contribution in [3.63, 3.8) is 0 Å². The van der Waals surface area contributed by atoms with Crippen LogP contribution >= 0.6 is 23.8 Å². The van der Waals surface area contributed by atoms with E-state index in [9.17, 15) is 0 Å². The Morgan fingerprint density at radius 1 is 1.17 bits per heavy atom. The molecule has 0 saturated carbocycles. The van der Waals surface area contributed by atoms with Crippen molar-refractivity contribution in [1.29, 1.82) is 0 Å². The molecule has 5 nitrogen and oxygen atoms in total. The zero-order valence-corrected chi connectivity index (χ0v) is 18.9. The molecule has 4 rings (SSSR count). The lowest BCUT2D eigenvalue weighted by atomic mass is 10.0. The Bertz CT molecular complexity index is 1040. The number of aromatic nitrogens is 1. The predicted molar refractivity (Wildman–Crippen MR) is 125 cm³/mol. The number of rotatable bonds is 6. The second-order valence-corrected chi connectivity index (χ2v) is 8.53. The van der Waals surface area contributed by atoms with Crippen molar-refractivity contribution in [2.75, 3.05) is 27.2 Å². The minimum absolute atomic E-state index is 0.0828. The lowest BCUT2D eigenvalue weighted by Gasteiger charge is -2.27. The summed E-state index contributed by atoms with van der Waals surface area (Å²) in [5, 5.41) is 4.90. The van der Waals surface area contributed by atoms with E-state index in [1.807, 2.05) is 61.7 Å². The molecule has 1 N–H and O–H groups in total. The van der Waals surface area contributed by atoms with Crippen LogP contribution in [0.15, 0.2) is 59.1 Å². The number of halogens is 1. The fourth-order valence-corrected chi connectivity index (χ4v) is 4.30. The summed E-state index contributed by atoms with van der Waals surface area (Å²) in [5.74, 6) is 1.65. The molecule has 1 fully saturated rings. The summed E-state index contributed by atoms with van der Waals surface area (Å²) >= 11 is 12.0. The number of hydrogen-bond acceptors (Lipinski definition) is 4. The number of likely N-dealkylation sites (N-methyl/N-ethyl adjacent to an activating group) is 1. The molecule has 1 aliphatic heterocycles. The zero-order valence-electron chi connectivity index (χ0n) is 17.3. The number of benzene rings is 1. The summed E-state index contributed by atoms with van der Waals surface area (Å²) < 4.78 is 6.39. The van der Waals surface area contributed by atoms with Crippen molar-refractivity contribution in [2.45, 2.75) is 19.0 Å². The molecule has 0 amide bonds. The average molecular weight is 441 g/mol. The maximum absolute atomic E-state index is 6.39. The van der Waals surface area contributed by atoms with Gasteiger partial charge in [-0.3, -0.25) is 4.98 Å². The third-order valence-electron chi connectivity index (χ3n) is 5.44. The maximum Gasteiger partial charge on any atom is 0.170 e. The summed E-state index contributed by atoms with van der Waals surface area (Å²) in [4.78, 5) is 8.92. The number of nitrogens with one attached hydrogen (secondary N) is 1. The first-order valence-corrected chi connectivity index (χ1v) is 10.7. The molecule has 0 spiro atoms. The smallest absolute Gasteiger partial charge is 0.170 e. The zero-order chi connectivity index (χ0) is 21.3. The van der Waals surface area contributed by atoms with Gasteiger partial charge in [-0.25, -0.2) is 0 Å². The van der Waals surface area contributed by atoms with Crippen molar-refractivity contribution >= 4 is 28.9 Å². The van der Waals surface area contributed by atoms with E-state index in [1.165, 1.54) is 0 Å². The van der Waals surface area contributed by atoms with Gasteiger partial charge in [0.15, 0.2) is 5.11 Å². The van der Waals surface area contributed by atoms with Crippen LogP contribution in [0.4, 0.5) is 0 Å². The van der Waals surface area contributed by atoms with Crippen LogP contribution in [0.1, 0.15) is 29.1 Å². The molecule has 30 heavy (non-hydrogen) atoms. The van der Waals surface area contributed by atoms with Crippen LogP contribution in [0.5, 0.6) is 0 Å². The molecule has 0 unspecified atom stereocenters. The quantitative estimate of drug-likeness (QED) is 0.553. The highest BCUT2D eigenvalue weighted by atomic mass is 35.5. The molecule has 2 atom stereocenters. The summed E-state index contributed by atoms with van der Waals surface area (Å²) in [6.07, 6.45) is 1.81. The van der Waals surface area contributed by atoms with E-state index in [0.29, 0.717) is 0 Å². The summed E-state index contributed by atoms with van der Waals surface area (Å²) in [6.45, 7) is 3.68. The van der Waals surface area contributed by atoms with E-state index < -0.39 is 0 Å². The van der Waals surface area contributed by atoms with Crippen LogP contribution < -0.4 is 5.32 Å². The van der Waals surface area contributed by atoms with Crippen LogP contribution in [-0.2, 0) is 0 Å². The molecule has 3 aromatic rings. The van der Waals surface area contributed by atoms with Crippen LogP contribution in [-0.4, -0.2) is 47.1 Å². The van der Waals surface area contributed by atoms with Gasteiger partial charge in [-0.1, -0.05) is 29.8 Å². The lowest BCUT2D eigenvalue weighted by molar-refractivity contribution is 0.250. The third kappa shape index (κ3) is 4.08. The molecule has 1 aliphatic rings. The molecule has 3 heterocycles. The van der Waals surface area contributed by atoms with Gasteiger partial charge < -0.3 is 19.5 Å². The molecule has 2 aromatic heterocycles. The van der Waals surface area contributed by atoms with Gasteiger partial charge >= 0.3 is 0 Å². The van der Waals surface area contributed by atoms with Crippen LogP contribution in [0.2, 0.25) is 5.02 Å². The van der Waals surface area contributed by atoms with Crippen LogP contribution in [0.3, 0.4) is 0 Å². The molecule has 156 valence electrons. The highest BCUT2D eigenvalue weighted by Gasteiger charge is 2.41. The van der Waals surface area contributed by atoms with Crippen LogP contribution in [0.25, 0.3) is 11.3 Å². The maximum atomic E-state index is 6.39. The first kappa shape index (κ1) is 20.8. The van der Waals surface area contributed by atoms with E-state index in [4.69, 9.17) is 28.2 Å². The lowest BCUT2D eigenvalue weighted by Crippen LogP contribution is -2.35. The Hall–Kier alpha value is -2.41. The van der Waals surface area contributed by atoms with Gasteiger partial charge in [0.25, 0.3) is 0 Å². The SMILES string of the molecule is Cc1c(Cl)cccc1-c1ccc([C@H]2[C@H](c3ccccn3)NC(=S)N2CCN(C)C)o1. The number of hydrogen-bond donors (Lipinski definition) is 1. The Labute approximate surface area is 187 Å². The number of thiocarbonyl (C=S) groups is 1. The monoisotopic (exact) mass is 440 g/mol. The largest absolute Gasteiger partial charge is 0.459 e. The first-order valence-electron chi connectivity index (χ1n) is 9.93. The average Bonchev–Trinajstić information content (AvgIpc) is 3.33. The Morgan fingerprint density at radius 2 is 2.00 bits per heavy atom. The molecule has 1 saturated heterocycles. The molecular formula is C23H25ClN4OS. The van der Waals surface area contributed by atoms with Crippen molar-refractivity contribution in [3.05, 3.63) is 76.8 Å². The minimum atomic E-state index is -0.0830. The van der Waals surface area contributed by atoms with Crippen molar-refractivity contribution in [3.8, 4) is 11.3 Å². The van der Waals surface area contributed by atoms with Crippen molar-refractivity contribution < 1.29 is 4.42 Å². The van der Waals surface area contributed by atoms with Gasteiger partial charge in [0.05, 0.1) is 11.7 Å². The Balaban J connectivity index is 1.72. The van der Waals surface area contributed by atoms with E-state index in [1.54, 1.807) is 0 Å². The third-order valence-corrected chi connectivity index (χ3v) is 6.20. The van der Waals surface area contributed by atoms with Gasteiger partial charge in [-0.15, -0.1) is 0 Å². The molecule has 7 heteroatoms. The van der Waals surface area contributed by atoms with Crippen molar-refractivity contribution in [2.24, 2.45) is 0 Å². The molecule has 0 bridgehead atoms. The fourth-order valence-electron chi connectivity index (χ4n) is 3.79. The van der Waals surface area contributed by atoms with Crippen molar-refractivity contribution in [1.82, 2.24) is 20.1 Å². The molecule has 0 aliphatic carbocycles. The first-order chi connectivity index (χ1) is 14.5. The standard InChI is InChI=1S/C23H25ClN4OS/c1-15-16(7-6-8-17(15)24)19-10-11-20(29-19)22-21(18-9-4-5-12-25-18)26-23(30)28(22)14-13-27(2)3/h4-12,21-22H,13-14H2,1-3H3,(H,26,30)/t21-,22-/m0/s1. The highest BCUT2D eigenvalue weighted by Crippen LogP contribution is 2.41. The van der Waals surface area contributed by atoms with Gasteiger partial charge in [-0.05, 0) is 69.1 Å². The molecular weight excluding hydrogens is 416 g/mol. The second-order valence-electron chi connectivity index (χ2n) is 7.74. The molecule has 0 radical (unpaired) electrons. The van der Waals surface area contributed by atoms with Gasteiger partial charge in [-0.2, -0.15) is 0 Å². The number of furan rings is 1. The summed E-state index contributed by atoms with van der Waals surface area (Å²) in [5.41, 5.74) is 2.94. The Morgan fingerprint density at radius 3 is 2.73 bits per heavy atom. The van der Waals surface area contributed by atoms with Gasteiger partial charge in [0, 0.05) is 29.9 Å². The van der Waals surface area contributed by atoms with E-state index in [2.05, 4.69) is 34.2 Å². The topological polar surface area (TPSA) is 44.5 Å². The minimum Gasteiger partial charge on any atom is -0.459 e. The number of pyridine rings is 1. The fraction of sp³-hybridized carbons (Fsp3) is 0.304.